The van der Waals surface area contributed by atoms with Gasteiger partial charge in [0.2, 0.25) is 0 Å². The van der Waals surface area contributed by atoms with Gasteiger partial charge in [-0.1, -0.05) is 20.8 Å². The van der Waals surface area contributed by atoms with Crippen molar-refractivity contribution in [2.75, 3.05) is 6.61 Å². The van der Waals surface area contributed by atoms with Gasteiger partial charge in [0.1, 0.15) is 5.60 Å². The highest BCUT2D eigenvalue weighted by atomic mass is 16.3. The molecule has 108 valence electrons. The van der Waals surface area contributed by atoms with Crippen LogP contribution in [0.4, 0.5) is 0 Å². The smallest absolute Gasteiger partial charge is 0.160 e. The first kappa shape index (κ1) is 14.7. The molecule has 3 N–H and O–H groups in total. The van der Waals surface area contributed by atoms with E-state index < -0.39 is 35.1 Å². The largest absolute Gasteiger partial charge is 0.393 e. The van der Waals surface area contributed by atoms with Crippen LogP contribution in [0.3, 0.4) is 0 Å². The number of hydrogen-bond acceptors (Lipinski definition) is 4. The van der Waals surface area contributed by atoms with Crippen LogP contribution in [-0.2, 0) is 4.79 Å². The quantitative estimate of drug-likeness (QED) is 0.664. The molecule has 0 unspecified atom stereocenters. The summed E-state index contributed by atoms with van der Waals surface area (Å²) in [7, 11) is 0. The molecule has 2 aliphatic carbocycles. The Balaban J connectivity index is 2.63. The lowest BCUT2D eigenvalue weighted by molar-refractivity contribution is -0.191. The first-order valence-electron chi connectivity index (χ1n) is 6.85. The van der Waals surface area contributed by atoms with Crippen LogP contribution in [0.2, 0.25) is 0 Å². The molecule has 2 rings (SSSR count). The van der Waals surface area contributed by atoms with Gasteiger partial charge < -0.3 is 15.3 Å². The van der Waals surface area contributed by atoms with Crippen molar-refractivity contribution in [2.24, 2.45) is 16.7 Å². The minimum absolute atomic E-state index is 0.0538. The van der Waals surface area contributed by atoms with E-state index >= 15 is 0 Å². The van der Waals surface area contributed by atoms with E-state index in [-0.39, 0.29) is 5.78 Å². The fourth-order valence-corrected chi connectivity index (χ4v) is 4.26. The summed E-state index contributed by atoms with van der Waals surface area (Å²) in [4.78, 5) is 12.4. The molecule has 0 bridgehead atoms. The molecule has 0 heterocycles. The number of aliphatic hydroxyl groups excluding tert-OH is 2. The zero-order chi connectivity index (χ0) is 14.6. The Morgan fingerprint density at radius 1 is 1.37 bits per heavy atom. The first-order chi connectivity index (χ1) is 8.61. The van der Waals surface area contributed by atoms with Crippen molar-refractivity contribution in [1.29, 1.82) is 0 Å². The molecule has 1 saturated carbocycles. The lowest BCUT2D eigenvalue weighted by Crippen LogP contribution is -2.65. The van der Waals surface area contributed by atoms with Gasteiger partial charge in [0.25, 0.3) is 0 Å². The summed E-state index contributed by atoms with van der Waals surface area (Å²) in [6.07, 6.45) is 1.92. The number of aliphatic hydroxyl groups is 3. The number of hydrogen-bond donors (Lipinski definition) is 3. The van der Waals surface area contributed by atoms with E-state index in [1.54, 1.807) is 6.92 Å². The first-order valence-corrected chi connectivity index (χ1v) is 6.85. The van der Waals surface area contributed by atoms with Crippen LogP contribution in [-0.4, -0.2) is 39.4 Å². The average molecular weight is 268 g/mol. The van der Waals surface area contributed by atoms with Gasteiger partial charge in [0.15, 0.2) is 5.78 Å². The molecule has 0 aliphatic heterocycles. The van der Waals surface area contributed by atoms with Crippen molar-refractivity contribution in [3.63, 3.8) is 0 Å². The monoisotopic (exact) mass is 268 g/mol. The maximum Gasteiger partial charge on any atom is 0.160 e. The van der Waals surface area contributed by atoms with E-state index in [1.165, 1.54) is 6.08 Å². The second-order valence-electron chi connectivity index (χ2n) is 6.97. The maximum absolute atomic E-state index is 12.4. The van der Waals surface area contributed by atoms with Crippen LogP contribution < -0.4 is 0 Å². The topological polar surface area (TPSA) is 77.8 Å². The molecule has 4 heteroatoms. The molecule has 0 spiro atoms. The molecule has 0 aromatic rings. The fraction of sp³-hybridized carbons (Fsp3) is 0.800. The number of fused-ring (bicyclic) bond motifs is 1. The van der Waals surface area contributed by atoms with E-state index in [0.29, 0.717) is 18.4 Å². The fourth-order valence-electron chi connectivity index (χ4n) is 4.26. The van der Waals surface area contributed by atoms with E-state index in [2.05, 4.69) is 0 Å². The Bertz CT molecular complexity index is 439. The molecular weight excluding hydrogens is 244 g/mol. The van der Waals surface area contributed by atoms with Gasteiger partial charge >= 0.3 is 0 Å². The van der Waals surface area contributed by atoms with Crippen LogP contribution in [0.1, 0.15) is 40.5 Å². The SMILES string of the molecule is CC1=CC(=O)[C@@H]2C(C)(C)[C@H](O)CC[C@]2(C)[C@@]1(O)CO. The second kappa shape index (κ2) is 4.14. The Morgan fingerprint density at radius 3 is 2.47 bits per heavy atom. The highest BCUT2D eigenvalue weighted by Gasteiger charge is 2.64. The molecule has 2 aliphatic rings. The maximum atomic E-state index is 12.4. The summed E-state index contributed by atoms with van der Waals surface area (Å²) >= 11 is 0. The van der Waals surface area contributed by atoms with E-state index in [9.17, 15) is 20.1 Å². The van der Waals surface area contributed by atoms with Gasteiger partial charge in [-0.2, -0.15) is 0 Å². The predicted octanol–water partition coefficient (Wildman–Crippen LogP) is 1.04. The van der Waals surface area contributed by atoms with Gasteiger partial charge in [-0.25, -0.2) is 0 Å². The molecule has 1 fully saturated rings. The summed E-state index contributed by atoms with van der Waals surface area (Å²) in [6.45, 7) is 6.87. The summed E-state index contributed by atoms with van der Waals surface area (Å²) in [5.74, 6) is -0.536. The third-order valence-electron chi connectivity index (χ3n) is 5.65. The zero-order valence-corrected chi connectivity index (χ0v) is 12.1. The van der Waals surface area contributed by atoms with Gasteiger partial charge in [0.05, 0.1) is 12.7 Å². The Hall–Kier alpha value is -0.710. The molecule has 0 saturated heterocycles. The molecule has 0 radical (unpaired) electrons. The van der Waals surface area contributed by atoms with E-state index in [1.807, 2.05) is 20.8 Å². The molecule has 0 aromatic heterocycles. The zero-order valence-electron chi connectivity index (χ0n) is 12.1. The molecular formula is C15H24O4. The number of ketones is 1. The van der Waals surface area contributed by atoms with Crippen molar-refractivity contribution >= 4 is 5.78 Å². The minimum Gasteiger partial charge on any atom is -0.393 e. The van der Waals surface area contributed by atoms with Crippen molar-refractivity contribution in [2.45, 2.75) is 52.2 Å². The normalized spacial score (nSPS) is 45.6. The van der Waals surface area contributed by atoms with Gasteiger partial charge in [-0.3, -0.25) is 4.79 Å². The summed E-state index contributed by atoms with van der Waals surface area (Å²) in [5, 5.41) is 30.8. The molecule has 4 nitrogen and oxygen atoms in total. The minimum atomic E-state index is -1.39. The number of allylic oxidation sites excluding steroid dienone is 1. The molecule has 19 heavy (non-hydrogen) atoms. The van der Waals surface area contributed by atoms with Crippen molar-refractivity contribution in [3.8, 4) is 0 Å². The summed E-state index contributed by atoms with van der Waals surface area (Å²) in [5.41, 5.74) is -2.21. The van der Waals surface area contributed by atoms with Crippen LogP contribution in [0.25, 0.3) is 0 Å². The average Bonchev–Trinajstić information content (AvgIpc) is 2.31. The van der Waals surface area contributed by atoms with E-state index in [4.69, 9.17) is 0 Å². The van der Waals surface area contributed by atoms with Gasteiger partial charge in [-0.15, -0.1) is 0 Å². The van der Waals surface area contributed by atoms with Crippen molar-refractivity contribution < 1.29 is 20.1 Å². The van der Waals surface area contributed by atoms with Crippen LogP contribution in [0, 0.1) is 16.7 Å². The number of rotatable bonds is 1. The Morgan fingerprint density at radius 2 is 1.95 bits per heavy atom. The summed E-state index contributed by atoms with van der Waals surface area (Å²) in [6, 6.07) is 0. The third-order valence-corrected chi connectivity index (χ3v) is 5.65. The van der Waals surface area contributed by atoms with Crippen LogP contribution >= 0.6 is 0 Å². The van der Waals surface area contributed by atoms with E-state index in [0.717, 1.165) is 0 Å². The van der Waals surface area contributed by atoms with Crippen molar-refractivity contribution in [3.05, 3.63) is 11.6 Å². The highest BCUT2D eigenvalue weighted by molar-refractivity contribution is 5.95. The Kier molecular flexibility index (Phi) is 3.20. The predicted molar refractivity (Wildman–Crippen MR) is 71.4 cm³/mol. The third kappa shape index (κ3) is 1.66. The van der Waals surface area contributed by atoms with Crippen LogP contribution in [0.5, 0.6) is 0 Å². The lowest BCUT2D eigenvalue weighted by Gasteiger charge is -2.59. The Labute approximate surface area is 114 Å². The molecule has 0 aromatic carbocycles. The van der Waals surface area contributed by atoms with Crippen molar-refractivity contribution in [1.82, 2.24) is 0 Å². The standard InChI is InChI=1S/C15H24O4/c1-9-7-10(17)12-13(2,3)11(18)5-6-14(12,4)15(9,19)8-16/h7,11-12,16,18-19H,5-6,8H2,1-4H3/t11-,12-,14+,15-/m1/s1. The number of carbonyl (C=O) groups excluding carboxylic acids is 1. The molecule has 4 atom stereocenters. The molecule has 0 amide bonds. The number of carbonyl (C=O) groups is 1. The van der Waals surface area contributed by atoms with Gasteiger partial charge in [0, 0.05) is 16.7 Å². The highest BCUT2D eigenvalue weighted by Crippen LogP contribution is 2.59. The lowest BCUT2D eigenvalue weighted by atomic mass is 9.46. The van der Waals surface area contributed by atoms with Gasteiger partial charge in [-0.05, 0) is 31.4 Å². The second-order valence-corrected chi connectivity index (χ2v) is 6.97. The van der Waals surface area contributed by atoms with Crippen LogP contribution in [0.15, 0.2) is 11.6 Å². The summed E-state index contributed by atoms with van der Waals surface area (Å²) < 4.78 is 0.